The molecule has 1 fully saturated rings. The first-order valence-electron chi connectivity index (χ1n) is 6.65. The van der Waals surface area contributed by atoms with E-state index >= 15 is 0 Å². The Morgan fingerprint density at radius 1 is 1.44 bits per heavy atom. The molecule has 2 rings (SSSR count). The van der Waals surface area contributed by atoms with E-state index in [0.29, 0.717) is 19.1 Å². The van der Waals surface area contributed by atoms with Gasteiger partial charge in [0.15, 0.2) is 0 Å². The third kappa shape index (κ3) is 3.81. The molecule has 1 aliphatic carbocycles. The Labute approximate surface area is 108 Å². The number of aromatic nitrogens is 1. The zero-order valence-electron chi connectivity index (χ0n) is 10.9. The quantitative estimate of drug-likeness (QED) is 0.830. The molecule has 0 unspecified atom stereocenters. The van der Waals surface area contributed by atoms with Crippen molar-refractivity contribution in [2.24, 2.45) is 0 Å². The highest BCUT2D eigenvalue weighted by atomic mass is 16.1. The van der Waals surface area contributed by atoms with Gasteiger partial charge in [0.2, 0.25) is 5.91 Å². The van der Waals surface area contributed by atoms with Crippen LogP contribution in [0.25, 0.3) is 0 Å². The largest absolute Gasteiger partial charge is 0.352 e. The van der Waals surface area contributed by atoms with Gasteiger partial charge in [-0.1, -0.05) is 12.8 Å². The highest BCUT2D eigenvalue weighted by Gasteiger charge is 2.16. The maximum absolute atomic E-state index is 11.7. The van der Waals surface area contributed by atoms with Crippen molar-refractivity contribution in [2.45, 2.75) is 45.2 Å². The Hall–Kier alpha value is -1.42. The Kier molecular flexibility index (Phi) is 4.70. The summed E-state index contributed by atoms with van der Waals surface area (Å²) < 4.78 is 0. The van der Waals surface area contributed by atoms with Crippen LogP contribution in [-0.4, -0.2) is 23.5 Å². The first-order valence-corrected chi connectivity index (χ1v) is 6.65. The van der Waals surface area contributed by atoms with Crippen LogP contribution in [0.5, 0.6) is 0 Å². The van der Waals surface area contributed by atoms with E-state index in [4.69, 9.17) is 0 Å². The average Bonchev–Trinajstić information content (AvgIpc) is 2.84. The van der Waals surface area contributed by atoms with Gasteiger partial charge in [-0.3, -0.25) is 9.78 Å². The van der Waals surface area contributed by atoms with Gasteiger partial charge in [0.05, 0.1) is 6.54 Å². The van der Waals surface area contributed by atoms with Crippen LogP contribution < -0.4 is 10.6 Å². The van der Waals surface area contributed by atoms with Crippen LogP contribution in [0.4, 0.5) is 0 Å². The van der Waals surface area contributed by atoms with Gasteiger partial charge >= 0.3 is 0 Å². The Morgan fingerprint density at radius 3 is 2.94 bits per heavy atom. The minimum Gasteiger partial charge on any atom is -0.352 e. The van der Waals surface area contributed by atoms with Crippen molar-refractivity contribution in [1.82, 2.24) is 15.6 Å². The maximum atomic E-state index is 11.7. The van der Waals surface area contributed by atoms with Crippen molar-refractivity contribution in [2.75, 3.05) is 6.54 Å². The van der Waals surface area contributed by atoms with Crippen molar-refractivity contribution >= 4 is 5.91 Å². The lowest BCUT2D eigenvalue weighted by Gasteiger charge is -2.12. The third-order valence-corrected chi connectivity index (χ3v) is 3.47. The number of amides is 1. The summed E-state index contributed by atoms with van der Waals surface area (Å²) in [6.45, 7) is 3.12. The Balaban J connectivity index is 1.68. The fourth-order valence-electron chi connectivity index (χ4n) is 2.34. The van der Waals surface area contributed by atoms with Crippen molar-refractivity contribution < 1.29 is 4.79 Å². The molecule has 1 heterocycles. The molecule has 1 amide bonds. The number of hydrogen-bond acceptors (Lipinski definition) is 3. The zero-order valence-corrected chi connectivity index (χ0v) is 10.9. The molecule has 1 aliphatic rings. The number of hydrogen-bond donors (Lipinski definition) is 2. The van der Waals surface area contributed by atoms with Gasteiger partial charge in [-0.15, -0.1) is 0 Å². The molecule has 98 valence electrons. The van der Waals surface area contributed by atoms with Gasteiger partial charge in [-0.25, -0.2) is 0 Å². The second-order valence-electron chi connectivity index (χ2n) is 4.95. The van der Waals surface area contributed by atoms with Crippen LogP contribution in [0, 0.1) is 6.92 Å². The summed E-state index contributed by atoms with van der Waals surface area (Å²) in [4.78, 5) is 15.8. The van der Waals surface area contributed by atoms with E-state index in [1.54, 1.807) is 6.20 Å². The number of pyridine rings is 1. The molecule has 1 saturated carbocycles. The molecule has 0 atom stereocenters. The molecule has 1 aromatic heterocycles. The minimum atomic E-state index is 0.100. The van der Waals surface area contributed by atoms with Crippen molar-refractivity contribution in [3.63, 3.8) is 0 Å². The number of nitrogens with one attached hydrogen (secondary N) is 2. The highest BCUT2D eigenvalue weighted by Crippen LogP contribution is 2.17. The molecular weight excluding hydrogens is 226 g/mol. The van der Waals surface area contributed by atoms with Gasteiger partial charge < -0.3 is 10.6 Å². The molecule has 4 nitrogen and oxygen atoms in total. The summed E-state index contributed by atoms with van der Waals surface area (Å²) in [6, 6.07) is 2.38. The predicted octanol–water partition coefficient (Wildman–Crippen LogP) is 1.54. The van der Waals surface area contributed by atoms with Crippen molar-refractivity contribution in [3.05, 3.63) is 29.6 Å². The monoisotopic (exact) mass is 247 g/mol. The summed E-state index contributed by atoms with van der Waals surface area (Å²) >= 11 is 0. The first kappa shape index (κ1) is 13.0. The summed E-state index contributed by atoms with van der Waals surface area (Å²) in [5, 5.41) is 6.23. The summed E-state index contributed by atoms with van der Waals surface area (Å²) in [7, 11) is 0. The van der Waals surface area contributed by atoms with E-state index in [-0.39, 0.29) is 5.91 Å². The van der Waals surface area contributed by atoms with Crippen molar-refractivity contribution in [1.29, 1.82) is 0 Å². The van der Waals surface area contributed by atoms with E-state index in [1.165, 1.54) is 18.4 Å². The third-order valence-electron chi connectivity index (χ3n) is 3.47. The number of rotatable bonds is 5. The lowest BCUT2D eigenvalue weighted by molar-refractivity contribution is -0.120. The lowest BCUT2D eigenvalue weighted by Crippen LogP contribution is -2.39. The van der Waals surface area contributed by atoms with E-state index in [9.17, 15) is 4.79 Å². The molecule has 0 saturated heterocycles. The molecule has 0 spiro atoms. The number of carbonyl (C=O) groups is 1. The Morgan fingerprint density at radius 2 is 2.22 bits per heavy atom. The molecule has 4 heteroatoms. The van der Waals surface area contributed by atoms with Gasteiger partial charge in [0, 0.05) is 25.0 Å². The van der Waals surface area contributed by atoms with Crippen LogP contribution in [-0.2, 0) is 11.3 Å². The molecule has 0 aromatic carbocycles. The van der Waals surface area contributed by atoms with Crippen LogP contribution >= 0.6 is 0 Å². The van der Waals surface area contributed by atoms with Crippen LogP contribution in [0.1, 0.15) is 36.8 Å². The molecule has 0 aliphatic heterocycles. The molecule has 18 heavy (non-hydrogen) atoms. The molecule has 0 bridgehead atoms. The average molecular weight is 247 g/mol. The smallest absolute Gasteiger partial charge is 0.234 e. The van der Waals surface area contributed by atoms with Gasteiger partial charge in [-0.2, -0.15) is 0 Å². The van der Waals surface area contributed by atoms with E-state index in [2.05, 4.69) is 22.5 Å². The number of carbonyl (C=O) groups excluding carboxylic acids is 1. The molecule has 2 N–H and O–H groups in total. The van der Waals surface area contributed by atoms with Crippen LogP contribution in [0.15, 0.2) is 18.5 Å². The van der Waals surface area contributed by atoms with E-state index < -0.39 is 0 Å². The van der Waals surface area contributed by atoms with Gasteiger partial charge in [0.25, 0.3) is 0 Å². The fraction of sp³-hybridized carbons (Fsp3) is 0.571. The van der Waals surface area contributed by atoms with Crippen LogP contribution in [0.2, 0.25) is 0 Å². The minimum absolute atomic E-state index is 0.100. The topological polar surface area (TPSA) is 54.0 Å². The summed E-state index contributed by atoms with van der Waals surface area (Å²) in [6.07, 6.45) is 8.38. The zero-order chi connectivity index (χ0) is 12.8. The van der Waals surface area contributed by atoms with Gasteiger partial charge in [-0.05, 0) is 37.0 Å². The molecule has 0 radical (unpaired) electrons. The standard InChI is InChI=1S/C14H21N3O/c1-11-6-7-15-8-12(11)9-16-10-14(18)17-13-4-2-3-5-13/h6-8,13,16H,2-5,9-10H2,1H3,(H,17,18). The predicted molar refractivity (Wildman–Crippen MR) is 71.1 cm³/mol. The second-order valence-corrected chi connectivity index (χ2v) is 4.95. The maximum Gasteiger partial charge on any atom is 0.234 e. The van der Waals surface area contributed by atoms with E-state index in [1.807, 2.05) is 12.3 Å². The lowest BCUT2D eigenvalue weighted by atomic mass is 10.1. The SMILES string of the molecule is Cc1ccncc1CNCC(=O)NC1CCCC1. The highest BCUT2D eigenvalue weighted by molar-refractivity contribution is 5.78. The second kappa shape index (κ2) is 6.50. The normalized spacial score (nSPS) is 15.8. The summed E-state index contributed by atoms with van der Waals surface area (Å²) in [5.74, 6) is 0.100. The molecular formula is C14H21N3O. The van der Waals surface area contributed by atoms with Gasteiger partial charge in [0.1, 0.15) is 0 Å². The number of nitrogens with zero attached hydrogens (tertiary/aromatic N) is 1. The van der Waals surface area contributed by atoms with Crippen LogP contribution in [0.3, 0.4) is 0 Å². The number of aryl methyl sites for hydroxylation is 1. The van der Waals surface area contributed by atoms with Crippen molar-refractivity contribution in [3.8, 4) is 0 Å². The van der Waals surface area contributed by atoms with E-state index in [0.717, 1.165) is 18.4 Å². The first-order chi connectivity index (χ1) is 8.75. The fourth-order valence-corrected chi connectivity index (χ4v) is 2.34. The Bertz CT molecular complexity index is 400. The summed E-state index contributed by atoms with van der Waals surface area (Å²) in [5.41, 5.74) is 2.35. The molecule has 1 aromatic rings.